The Morgan fingerprint density at radius 2 is 1.91 bits per heavy atom. The van der Waals surface area contributed by atoms with Gasteiger partial charge in [0.15, 0.2) is 0 Å². The van der Waals surface area contributed by atoms with Crippen molar-refractivity contribution in [3.63, 3.8) is 0 Å². The zero-order valence-corrected chi connectivity index (χ0v) is 13.6. The fourth-order valence-corrected chi connectivity index (χ4v) is 2.49. The monoisotopic (exact) mass is 297 g/mol. The Bertz CT molecular complexity index is 665. The molecule has 114 valence electrons. The third-order valence-corrected chi connectivity index (χ3v) is 3.46. The molecule has 0 aliphatic heterocycles. The zero-order valence-electron chi connectivity index (χ0n) is 13.6. The zero-order chi connectivity index (χ0) is 16.3. The number of aromatic nitrogens is 1. The van der Waals surface area contributed by atoms with Crippen molar-refractivity contribution in [2.75, 3.05) is 7.11 Å². The van der Waals surface area contributed by atoms with Gasteiger partial charge in [0.05, 0.1) is 21.2 Å². The van der Waals surface area contributed by atoms with E-state index in [0.717, 1.165) is 23.1 Å². The van der Waals surface area contributed by atoms with Crippen molar-refractivity contribution in [1.82, 2.24) is 4.98 Å². The number of benzene rings is 1. The van der Waals surface area contributed by atoms with E-state index in [9.17, 15) is 4.39 Å². The summed E-state index contributed by atoms with van der Waals surface area (Å²) in [4.78, 5) is 3.90. The molecule has 1 heterocycles. The van der Waals surface area contributed by atoms with Crippen molar-refractivity contribution in [1.29, 1.82) is 0 Å². The Hall–Kier alpha value is -1.84. The van der Waals surface area contributed by atoms with Crippen LogP contribution in [-0.2, 0) is 12.7 Å². The highest BCUT2D eigenvalue weighted by Gasteiger charge is 2.18. The van der Waals surface area contributed by atoms with Gasteiger partial charge in [0.25, 0.3) is 0 Å². The summed E-state index contributed by atoms with van der Waals surface area (Å²) in [7, 11) is 7.27. The molecule has 0 saturated heterocycles. The van der Waals surface area contributed by atoms with Gasteiger partial charge in [-0.15, -0.1) is 0 Å². The second-order valence-corrected chi connectivity index (χ2v) is 6.64. The molecule has 2 radical (unpaired) electrons. The van der Waals surface area contributed by atoms with Crippen LogP contribution in [0.5, 0.6) is 5.88 Å². The van der Waals surface area contributed by atoms with E-state index in [1.54, 1.807) is 6.07 Å². The van der Waals surface area contributed by atoms with Gasteiger partial charge in [-0.3, -0.25) is 0 Å². The average Bonchev–Trinajstić information content (AvgIpc) is 2.46. The average molecular weight is 297 g/mol. The van der Waals surface area contributed by atoms with Crippen LogP contribution < -0.4 is 4.74 Å². The fourth-order valence-electron chi connectivity index (χ4n) is 2.49. The van der Waals surface area contributed by atoms with Gasteiger partial charge in [-0.1, -0.05) is 50.9 Å². The van der Waals surface area contributed by atoms with E-state index in [1.807, 2.05) is 12.1 Å². The fraction of sp³-hybridized carbons (Fsp3) is 0.389. The standard InChI is InChI=1S/C18H21BFNO/c1-18(2,3)9-13-7-12(10-19)5-6-14(13)15-8-17(22-4)21-11-16(15)20/h5-8,11H,9-10H2,1-4H3. The Kier molecular flexibility index (Phi) is 4.89. The van der Waals surface area contributed by atoms with Crippen LogP contribution in [-0.4, -0.2) is 19.9 Å². The van der Waals surface area contributed by atoms with Gasteiger partial charge in [0, 0.05) is 11.6 Å². The van der Waals surface area contributed by atoms with Gasteiger partial charge in [-0.05, 0) is 23.0 Å². The lowest BCUT2D eigenvalue weighted by Crippen LogP contribution is -2.11. The number of hydrogen-bond donors (Lipinski definition) is 0. The summed E-state index contributed by atoms with van der Waals surface area (Å²) < 4.78 is 19.4. The first kappa shape index (κ1) is 16.5. The van der Waals surface area contributed by atoms with Gasteiger partial charge in [-0.25, -0.2) is 9.37 Å². The van der Waals surface area contributed by atoms with Gasteiger partial charge in [0.1, 0.15) is 5.82 Å². The molecular formula is C18H21BFNO. The van der Waals surface area contributed by atoms with Crippen LogP contribution in [0.3, 0.4) is 0 Å². The van der Waals surface area contributed by atoms with Gasteiger partial charge in [-0.2, -0.15) is 0 Å². The van der Waals surface area contributed by atoms with Crippen molar-refractivity contribution in [3.8, 4) is 17.0 Å². The summed E-state index contributed by atoms with van der Waals surface area (Å²) in [5.74, 6) is 0.0532. The summed E-state index contributed by atoms with van der Waals surface area (Å²) in [5, 5.41) is 0. The Balaban J connectivity index is 2.59. The second-order valence-electron chi connectivity index (χ2n) is 6.64. The van der Waals surface area contributed by atoms with E-state index in [4.69, 9.17) is 12.6 Å². The molecule has 0 spiro atoms. The predicted octanol–water partition coefficient (Wildman–Crippen LogP) is 4.15. The number of hydrogen-bond acceptors (Lipinski definition) is 2. The summed E-state index contributed by atoms with van der Waals surface area (Å²) in [6.07, 6.45) is 2.51. The highest BCUT2D eigenvalue weighted by Crippen LogP contribution is 2.33. The highest BCUT2D eigenvalue weighted by atomic mass is 19.1. The number of methoxy groups -OCH3 is 1. The summed E-state index contributed by atoms with van der Waals surface area (Å²) in [6, 6.07) is 7.57. The molecule has 2 rings (SSSR count). The molecule has 1 aromatic heterocycles. The lowest BCUT2D eigenvalue weighted by Gasteiger charge is -2.21. The maximum absolute atomic E-state index is 14.2. The van der Waals surface area contributed by atoms with Crippen LogP contribution in [0, 0.1) is 11.2 Å². The molecule has 0 atom stereocenters. The SMILES string of the molecule is [B]Cc1ccc(-c2cc(OC)ncc2F)c(CC(C)(C)C)c1. The van der Waals surface area contributed by atoms with E-state index < -0.39 is 0 Å². The van der Waals surface area contributed by atoms with E-state index in [-0.39, 0.29) is 11.2 Å². The molecule has 2 aromatic rings. The predicted molar refractivity (Wildman–Crippen MR) is 88.8 cm³/mol. The molecule has 1 aromatic carbocycles. The molecule has 0 fully saturated rings. The van der Waals surface area contributed by atoms with Crippen molar-refractivity contribution < 1.29 is 9.13 Å². The summed E-state index contributed by atoms with van der Waals surface area (Å²) >= 11 is 0. The highest BCUT2D eigenvalue weighted by molar-refractivity contribution is 6.08. The van der Waals surface area contributed by atoms with Gasteiger partial charge >= 0.3 is 0 Å². The smallest absolute Gasteiger partial charge is 0.213 e. The van der Waals surface area contributed by atoms with E-state index in [0.29, 0.717) is 17.8 Å². The number of nitrogens with zero attached hydrogens (tertiary/aromatic N) is 1. The third-order valence-electron chi connectivity index (χ3n) is 3.46. The van der Waals surface area contributed by atoms with Crippen LogP contribution in [0.15, 0.2) is 30.5 Å². The first-order valence-electron chi connectivity index (χ1n) is 7.36. The summed E-state index contributed by atoms with van der Waals surface area (Å²) in [6.45, 7) is 6.49. The molecule has 0 amide bonds. The largest absolute Gasteiger partial charge is 0.481 e. The molecule has 22 heavy (non-hydrogen) atoms. The van der Waals surface area contributed by atoms with Crippen molar-refractivity contribution in [2.45, 2.75) is 33.5 Å². The Morgan fingerprint density at radius 1 is 1.18 bits per heavy atom. The molecule has 2 nitrogen and oxygen atoms in total. The minimum Gasteiger partial charge on any atom is -0.481 e. The topological polar surface area (TPSA) is 22.1 Å². The Morgan fingerprint density at radius 3 is 2.50 bits per heavy atom. The summed E-state index contributed by atoms with van der Waals surface area (Å²) in [5.41, 5.74) is 3.60. The molecule has 0 aliphatic carbocycles. The Labute approximate surface area is 133 Å². The van der Waals surface area contributed by atoms with Crippen molar-refractivity contribution in [2.24, 2.45) is 5.41 Å². The number of halogens is 1. The molecule has 0 unspecified atom stereocenters. The lowest BCUT2D eigenvalue weighted by atomic mass is 9.83. The maximum Gasteiger partial charge on any atom is 0.213 e. The van der Waals surface area contributed by atoms with Crippen LogP contribution >= 0.6 is 0 Å². The van der Waals surface area contributed by atoms with E-state index in [1.165, 1.54) is 13.3 Å². The van der Waals surface area contributed by atoms with Gasteiger partial charge < -0.3 is 4.74 Å². The van der Waals surface area contributed by atoms with Crippen LogP contribution in [0.4, 0.5) is 4.39 Å². The third kappa shape index (κ3) is 3.87. The second kappa shape index (κ2) is 6.51. The molecule has 0 aliphatic rings. The first-order valence-corrected chi connectivity index (χ1v) is 7.36. The van der Waals surface area contributed by atoms with Crippen LogP contribution in [0.2, 0.25) is 0 Å². The minimum atomic E-state index is -0.351. The van der Waals surface area contributed by atoms with E-state index in [2.05, 4.69) is 31.8 Å². The van der Waals surface area contributed by atoms with Crippen LogP contribution in [0.25, 0.3) is 11.1 Å². The first-order chi connectivity index (χ1) is 10.3. The quantitative estimate of drug-likeness (QED) is 0.791. The molecule has 0 saturated carbocycles. The normalized spacial score (nSPS) is 11.5. The minimum absolute atomic E-state index is 0.0928. The molecule has 0 N–H and O–H groups in total. The van der Waals surface area contributed by atoms with Crippen LogP contribution in [0.1, 0.15) is 31.9 Å². The maximum atomic E-state index is 14.2. The lowest BCUT2D eigenvalue weighted by molar-refractivity contribution is 0.396. The number of pyridine rings is 1. The van der Waals surface area contributed by atoms with Gasteiger partial charge in [0.2, 0.25) is 5.88 Å². The molecule has 0 bridgehead atoms. The van der Waals surface area contributed by atoms with Crippen molar-refractivity contribution in [3.05, 3.63) is 47.4 Å². The van der Waals surface area contributed by atoms with Crippen molar-refractivity contribution >= 4 is 7.85 Å². The number of ether oxygens (including phenoxy) is 1. The molecule has 4 heteroatoms. The molecular weight excluding hydrogens is 276 g/mol. The van der Waals surface area contributed by atoms with E-state index >= 15 is 0 Å². The number of rotatable bonds is 4.